The van der Waals surface area contributed by atoms with Crippen LogP contribution in [-0.2, 0) is 25.5 Å². The highest BCUT2D eigenvalue weighted by Gasteiger charge is 2.21. The molecule has 1 aliphatic heterocycles. The molecule has 172 valence electrons. The highest BCUT2D eigenvalue weighted by atomic mass is 16.5. The second kappa shape index (κ2) is 12.0. The second-order valence-electron chi connectivity index (χ2n) is 7.86. The first-order valence-electron chi connectivity index (χ1n) is 10.9. The lowest BCUT2D eigenvalue weighted by Gasteiger charge is -2.23. The number of nitrogens with zero attached hydrogens (tertiary/aromatic N) is 2. The van der Waals surface area contributed by atoms with Crippen LogP contribution in [0, 0.1) is 6.92 Å². The minimum atomic E-state index is -0.336. The number of aromatic nitrogens is 1. The monoisotopic (exact) mass is 442 g/mol. The quantitative estimate of drug-likeness (QED) is 0.551. The molecule has 0 aliphatic carbocycles. The van der Waals surface area contributed by atoms with E-state index in [-0.39, 0.29) is 43.2 Å². The molecule has 1 aromatic heterocycles. The Morgan fingerprint density at radius 2 is 1.97 bits per heavy atom. The number of ether oxygens (including phenoxy) is 1. The molecular formula is C23H30N4O5. The van der Waals surface area contributed by atoms with Crippen molar-refractivity contribution in [2.45, 2.75) is 45.1 Å². The molecule has 1 fully saturated rings. The van der Waals surface area contributed by atoms with Crippen molar-refractivity contribution in [2.75, 3.05) is 31.6 Å². The third-order valence-corrected chi connectivity index (χ3v) is 5.21. The fourth-order valence-electron chi connectivity index (χ4n) is 3.47. The summed E-state index contributed by atoms with van der Waals surface area (Å²) < 4.78 is 10.4. The fraction of sp³-hybridized carbons (Fsp3) is 0.478. The lowest BCUT2D eigenvalue weighted by molar-refractivity contribution is -0.137. The number of aryl methyl sites for hydroxylation is 1. The van der Waals surface area contributed by atoms with Gasteiger partial charge in [-0.3, -0.25) is 14.4 Å². The molecule has 3 rings (SSSR count). The van der Waals surface area contributed by atoms with Crippen LogP contribution in [0.5, 0.6) is 0 Å². The van der Waals surface area contributed by atoms with E-state index in [1.807, 2.05) is 30.3 Å². The molecule has 9 heteroatoms. The molecular weight excluding hydrogens is 412 g/mol. The van der Waals surface area contributed by atoms with Crippen molar-refractivity contribution in [1.82, 2.24) is 15.4 Å². The molecule has 1 saturated heterocycles. The van der Waals surface area contributed by atoms with Gasteiger partial charge in [0, 0.05) is 38.6 Å². The number of nitrogens with one attached hydrogen (secondary N) is 2. The Labute approximate surface area is 187 Å². The Kier molecular flexibility index (Phi) is 8.79. The Hall–Kier alpha value is -3.20. The van der Waals surface area contributed by atoms with Gasteiger partial charge >= 0.3 is 0 Å². The van der Waals surface area contributed by atoms with E-state index in [1.54, 1.807) is 13.0 Å². The zero-order valence-electron chi connectivity index (χ0n) is 18.3. The Morgan fingerprint density at radius 3 is 2.66 bits per heavy atom. The topological polar surface area (TPSA) is 114 Å². The summed E-state index contributed by atoms with van der Waals surface area (Å²) in [6.07, 6.45) is 2.57. The summed E-state index contributed by atoms with van der Waals surface area (Å²) >= 11 is 0. The van der Waals surface area contributed by atoms with E-state index < -0.39 is 0 Å². The molecule has 0 radical (unpaired) electrons. The number of rotatable bonds is 11. The summed E-state index contributed by atoms with van der Waals surface area (Å²) in [5.74, 6) is 0.0773. The lowest BCUT2D eigenvalue weighted by atomic mass is 10.1. The average molecular weight is 443 g/mol. The Bertz CT molecular complexity index is 893. The molecule has 0 saturated carbocycles. The third kappa shape index (κ3) is 7.81. The van der Waals surface area contributed by atoms with Crippen molar-refractivity contribution in [2.24, 2.45) is 0 Å². The molecule has 9 nitrogen and oxygen atoms in total. The van der Waals surface area contributed by atoms with E-state index in [2.05, 4.69) is 15.8 Å². The average Bonchev–Trinajstić information content (AvgIpc) is 3.46. The molecule has 0 bridgehead atoms. The Morgan fingerprint density at radius 1 is 1.16 bits per heavy atom. The molecule has 32 heavy (non-hydrogen) atoms. The summed E-state index contributed by atoms with van der Waals surface area (Å²) in [7, 11) is 0. The van der Waals surface area contributed by atoms with E-state index in [9.17, 15) is 14.4 Å². The van der Waals surface area contributed by atoms with Crippen LogP contribution in [0.15, 0.2) is 40.9 Å². The first-order valence-corrected chi connectivity index (χ1v) is 10.9. The minimum Gasteiger partial charge on any atom is -0.376 e. The number of hydrogen-bond donors (Lipinski definition) is 2. The highest BCUT2D eigenvalue weighted by Crippen LogP contribution is 2.11. The van der Waals surface area contributed by atoms with Gasteiger partial charge in [0.2, 0.25) is 17.7 Å². The number of carbonyl (C=O) groups excluding carboxylic acids is 3. The van der Waals surface area contributed by atoms with Crippen molar-refractivity contribution in [3.8, 4) is 0 Å². The van der Waals surface area contributed by atoms with E-state index in [0.717, 1.165) is 25.0 Å². The highest BCUT2D eigenvalue weighted by molar-refractivity contribution is 5.93. The first-order chi connectivity index (χ1) is 15.5. The zero-order valence-corrected chi connectivity index (χ0v) is 18.3. The van der Waals surface area contributed by atoms with Gasteiger partial charge in [0.05, 0.1) is 12.6 Å². The van der Waals surface area contributed by atoms with Gasteiger partial charge < -0.3 is 24.8 Å². The van der Waals surface area contributed by atoms with E-state index in [4.69, 9.17) is 9.26 Å². The molecule has 2 aromatic rings. The van der Waals surface area contributed by atoms with Crippen molar-refractivity contribution in [3.63, 3.8) is 0 Å². The van der Waals surface area contributed by atoms with Crippen LogP contribution in [0.3, 0.4) is 0 Å². The SMILES string of the molecule is Cc1cc(NC(=O)CCC(=O)N(CCc2ccccc2)CC(=O)NCC2CCCO2)no1. The summed E-state index contributed by atoms with van der Waals surface area (Å²) in [4.78, 5) is 38.9. The molecule has 3 amide bonds. The van der Waals surface area contributed by atoms with Gasteiger partial charge in [-0.15, -0.1) is 0 Å². The summed E-state index contributed by atoms with van der Waals surface area (Å²) in [6.45, 7) is 3.22. The number of amides is 3. The van der Waals surface area contributed by atoms with Crippen molar-refractivity contribution < 1.29 is 23.6 Å². The minimum absolute atomic E-state index is 0.00350. The summed E-state index contributed by atoms with van der Waals surface area (Å²) in [5, 5.41) is 9.16. The molecule has 1 aromatic carbocycles. The van der Waals surface area contributed by atoms with Gasteiger partial charge in [0.25, 0.3) is 0 Å². The molecule has 0 spiro atoms. The standard InChI is InChI=1S/C23H30N4O5/c1-17-14-20(26-32-17)25-21(28)9-10-23(30)27(12-11-18-6-3-2-4-7-18)16-22(29)24-15-19-8-5-13-31-19/h2-4,6-7,14,19H,5,8-13,15-16H2,1H3,(H,24,29)(H,25,26,28). The number of benzene rings is 1. The van der Waals surface area contributed by atoms with Crippen LogP contribution in [0.2, 0.25) is 0 Å². The van der Waals surface area contributed by atoms with Crippen molar-refractivity contribution in [1.29, 1.82) is 0 Å². The normalized spacial score (nSPS) is 15.3. The molecule has 1 unspecified atom stereocenters. The number of anilines is 1. The first kappa shape index (κ1) is 23.5. The van der Waals surface area contributed by atoms with Gasteiger partial charge in [-0.25, -0.2) is 0 Å². The molecule has 2 heterocycles. The van der Waals surface area contributed by atoms with Crippen LogP contribution in [0.4, 0.5) is 5.82 Å². The number of carbonyl (C=O) groups is 3. The van der Waals surface area contributed by atoms with Crippen LogP contribution in [-0.4, -0.2) is 60.1 Å². The van der Waals surface area contributed by atoms with E-state index in [0.29, 0.717) is 31.1 Å². The molecule has 1 aliphatic rings. The number of hydrogen-bond acceptors (Lipinski definition) is 6. The van der Waals surface area contributed by atoms with Crippen LogP contribution < -0.4 is 10.6 Å². The third-order valence-electron chi connectivity index (χ3n) is 5.21. The molecule has 2 N–H and O–H groups in total. The van der Waals surface area contributed by atoms with Gasteiger partial charge in [0.1, 0.15) is 5.76 Å². The smallest absolute Gasteiger partial charge is 0.239 e. The maximum atomic E-state index is 12.8. The summed E-state index contributed by atoms with van der Waals surface area (Å²) in [6, 6.07) is 11.4. The van der Waals surface area contributed by atoms with Gasteiger partial charge in [-0.05, 0) is 31.7 Å². The maximum Gasteiger partial charge on any atom is 0.239 e. The van der Waals surface area contributed by atoms with E-state index in [1.165, 1.54) is 4.90 Å². The van der Waals surface area contributed by atoms with Crippen molar-refractivity contribution in [3.05, 3.63) is 47.7 Å². The van der Waals surface area contributed by atoms with E-state index >= 15 is 0 Å². The van der Waals surface area contributed by atoms with Gasteiger partial charge in [0.15, 0.2) is 5.82 Å². The summed E-state index contributed by atoms with van der Waals surface area (Å²) in [5.41, 5.74) is 1.07. The second-order valence-corrected chi connectivity index (χ2v) is 7.86. The van der Waals surface area contributed by atoms with Gasteiger partial charge in [-0.2, -0.15) is 0 Å². The largest absolute Gasteiger partial charge is 0.376 e. The Balaban J connectivity index is 1.51. The predicted octanol–water partition coefficient (Wildman–Crippen LogP) is 2.07. The van der Waals surface area contributed by atoms with Crippen LogP contribution in [0.1, 0.15) is 37.0 Å². The molecule has 1 atom stereocenters. The van der Waals surface area contributed by atoms with Crippen molar-refractivity contribution >= 4 is 23.5 Å². The maximum absolute atomic E-state index is 12.8. The van der Waals surface area contributed by atoms with Gasteiger partial charge in [-0.1, -0.05) is 35.5 Å². The zero-order chi connectivity index (χ0) is 22.8. The van der Waals surface area contributed by atoms with Crippen LogP contribution >= 0.6 is 0 Å². The van der Waals surface area contributed by atoms with Crippen LogP contribution in [0.25, 0.3) is 0 Å². The predicted molar refractivity (Wildman–Crippen MR) is 118 cm³/mol. The lowest BCUT2D eigenvalue weighted by Crippen LogP contribution is -2.43. The fourth-order valence-corrected chi connectivity index (χ4v) is 3.47.